The predicted octanol–water partition coefficient (Wildman–Crippen LogP) is 0.265. The summed E-state index contributed by atoms with van der Waals surface area (Å²) in [6.45, 7) is 0.538. The van der Waals surface area contributed by atoms with Crippen LogP contribution in [0.1, 0.15) is 5.76 Å². The van der Waals surface area contributed by atoms with Crippen molar-refractivity contribution in [1.29, 1.82) is 0 Å². The van der Waals surface area contributed by atoms with Crippen LogP contribution < -0.4 is 16.4 Å². The summed E-state index contributed by atoms with van der Waals surface area (Å²) >= 11 is 0. The van der Waals surface area contributed by atoms with Gasteiger partial charge in [0.2, 0.25) is 17.8 Å². The van der Waals surface area contributed by atoms with E-state index >= 15 is 0 Å². The van der Waals surface area contributed by atoms with Crippen LogP contribution in [0.2, 0.25) is 0 Å². The molecule has 0 saturated carbocycles. The van der Waals surface area contributed by atoms with E-state index in [1.165, 1.54) is 0 Å². The fourth-order valence-electron chi connectivity index (χ4n) is 1.27. The molecule has 0 fully saturated rings. The molecule has 2 heterocycles. The van der Waals surface area contributed by atoms with Gasteiger partial charge in [-0.2, -0.15) is 15.0 Å². The molecule has 0 spiro atoms. The van der Waals surface area contributed by atoms with Gasteiger partial charge in [-0.3, -0.25) is 0 Å². The van der Waals surface area contributed by atoms with Crippen LogP contribution in [-0.2, 0) is 6.54 Å². The molecule has 0 radical (unpaired) electrons. The normalized spacial score (nSPS) is 10.3. The van der Waals surface area contributed by atoms with Crippen LogP contribution in [0.5, 0.6) is 0 Å². The lowest BCUT2D eigenvalue weighted by atomic mass is 10.4. The standard InChI is InChI=1S/C9H12N6O/c1-15(5-6-3-2-4-16-6)9-13-7(10)12-8(11)14-9/h2-4H,5H2,1H3,(H4,10,11,12,13,14). The summed E-state index contributed by atoms with van der Waals surface area (Å²) in [4.78, 5) is 13.4. The molecule has 0 aliphatic rings. The van der Waals surface area contributed by atoms with Gasteiger partial charge in [0.05, 0.1) is 12.8 Å². The minimum Gasteiger partial charge on any atom is -0.467 e. The number of hydrogen-bond acceptors (Lipinski definition) is 7. The topological polar surface area (TPSA) is 107 Å². The Bertz CT molecular complexity index is 449. The third-order valence-corrected chi connectivity index (χ3v) is 1.97. The quantitative estimate of drug-likeness (QED) is 0.764. The summed E-state index contributed by atoms with van der Waals surface area (Å²) in [6, 6.07) is 3.68. The van der Waals surface area contributed by atoms with Crippen molar-refractivity contribution in [2.75, 3.05) is 23.4 Å². The fourth-order valence-corrected chi connectivity index (χ4v) is 1.27. The van der Waals surface area contributed by atoms with E-state index in [4.69, 9.17) is 15.9 Å². The van der Waals surface area contributed by atoms with E-state index in [1.807, 2.05) is 19.2 Å². The molecule has 2 aromatic rings. The Hall–Kier alpha value is -2.31. The molecule has 0 atom stereocenters. The van der Waals surface area contributed by atoms with Crippen LogP contribution in [0.3, 0.4) is 0 Å². The second-order valence-corrected chi connectivity index (χ2v) is 3.29. The number of nitrogens with zero attached hydrogens (tertiary/aromatic N) is 4. The van der Waals surface area contributed by atoms with Crippen LogP contribution in [0.4, 0.5) is 17.8 Å². The van der Waals surface area contributed by atoms with Gasteiger partial charge < -0.3 is 20.8 Å². The van der Waals surface area contributed by atoms with Gasteiger partial charge in [-0.05, 0) is 12.1 Å². The first kappa shape index (κ1) is 10.2. The number of furan rings is 1. The number of hydrogen-bond donors (Lipinski definition) is 2. The van der Waals surface area contributed by atoms with Crippen LogP contribution in [0, 0.1) is 0 Å². The van der Waals surface area contributed by atoms with E-state index in [2.05, 4.69) is 15.0 Å². The molecule has 4 N–H and O–H groups in total. The molecule has 0 aliphatic carbocycles. The smallest absolute Gasteiger partial charge is 0.232 e. The second-order valence-electron chi connectivity index (χ2n) is 3.29. The van der Waals surface area contributed by atoms with Crippen molar-refractivity contribution in [3.05, 3.63) is 24.2 Å². The molecule has 0 aromatic carbocycles. The van der Waals surface area contributed by atoms with Crippen LogP contribution in [0.25, 0.3) is 0 Å². The first-order valence-electron chi connectivity index (χ1n) is 4.65. The third-order valence-electron chi connectivity index (χ3n) is 1.97. The maximum Gasteiger partial charge on any atom is 0.232 e. The molecule has 2 aromatic heterocycles. The summed E-state index contributed by atoms with van der Waals surface area (Å²) < 4.78 is 5.21. The third kappa shape index (κ3) is 2.19. The molecular weight excluding hydrogens is 208 g/mol. The molecule has 2 rings (SSSR count). The predicted molar refractivity (Wildman–Crippen MR) is 59.5 cm³/mol. The van der Waals surface area contributed by atoms with Gasteiger partial charge in [-0.15, -0.1) is 0 Å². The Morgan fingerprint density at radius 2 is 1.94 bits per heavy atom. The molecule has 84 valence electrons. The zero-order valence-electron chi connectivity index (χ0n) is 8.79. The maximum atomic E-state index is 5.48. The largest absolute Gasteiger partial charge is 0.467 e. The summed E-state index contributed by atoms with van der Waals surface area (Å²) in [5, 5.41) is 0. The van der Waals surface area contributed by atoms with E-state index < -0.39 is 0 Å². The first-order valence-corrected chi connectivity index (χ1v) is 4.65. The van der Waals surface area contributed by atoms with Crippen LogP contribution in [-0.4, -0.2) is 22.0 Å². The molecule has 0 unspecified atom stereocenters. The lowest BCUT2D eigenvalue weighted by Crippen LogP contribution is -2.20. The number of nitrogen functional groups attached to an aromatic ring is 2. The van der Waals surface area contributed by atoms with Gasteiger partial charge >= 0.3 is 0 Å². The molecule has 16 heavy (non-hydrogen) atoms. The monoisotopic (exact) mass is 220 g/mol. The van der Waals surface area contributed by atoms with Gasteiger partial charge in [0.25, 0.3) is 0 Å². The molecule has 0 aliphatic heterocycles. The number of rotatable bonds is 3. The highest BCUT2D eigenvalue weighted by Gasteiger charge is 2.09. The zero-order chi connectivity index (χ0) is 11.5. The first-order chi connectivity index (χ1) is 7.65. The fraction of sp³-hybridized carbons (Fsp3) is 0.222. The van der Waals surface area contributed by atoms with Crippen molar-refractivity contribution in [2.24, 2.45) is 0 Å². The number of nitrogens with two attached hydrogens (primary N) is 2. The summed E-state index contributed by atoms with van der Waals surface area (Å²) in [5.41, 5.74) is 11.0. The van der Waals surface area contributed by atoms with E-state index in [0.717, 1.165) is 5.76 Å². The SMILES string of the molecule is CN(Cc1ccco1)c1nc(N)nc(N)n1. The van der Waals surface area contributed by atoms with Crippen molar-refractivity contribution in [3.63, 3.8) is 0 Å². The van der Waals surface area contributed by atoms with E-state index in [1.54, 1.807) is 11.2 Å². The Kier molecular flexibility index (Phi) is 2.59. The summed E-state index contributed by atoms with van der Waals surface area (Å²) in [7, 11) is 1.82. The minimum atomic E-state index is 0.105. The average Bonchev–Trinajstić information content (AvgIpc) is 2.68. The highest BCUT2D eigenvalue weighted by atomic mass is 16.3. The Balaban J connectivity index is 2.17. The lowest BCUT2D eigenvalue weighted by Gasteiger charge is -2.15. The van der Waals surface area contributed by atoms with E-state index in [-0.39, 0.29) is 11.9 Å². The zero-order valence-corrected chi connectivity index (χ0v) is 8.79. The summed E-state index contributed by atoms with van der Waals surface area (Å²) in [6.07, 6.45) is 1.61. The van der Waals surface area contributed by atoms with Crippen LogP contribution in [0.15, 0.2) is 22.8 Å². The van der Waals surface area contributed by atoms with Gasteiger partial charge in [-0.1, -0.05) is 0 Å². The van der Waals surface area contributed by atoms with Gasteiger partial charge in [0, 0.05) is 7.05 Å². The number of anilines is 3. The summed E-state index contributed by atoms with van der Waals surface area (Å²) in [5.74, 6) is 1.43. The number of aromatic nitrogens is 3. The Morgan fingerprint density at radius 1 is 1.25 bits per heavy atom. The van der Waals surface area contributed by atoms with Crippen molar-refractivity contribution in [2.45, 2.75) is 6.54 Å². The minimum absolute atomic E-state index is 0.105. The van der Waals surface area contributed by atoms with E-state index in [9.17, 15) is 0 Å². The van der Waals surface area contributed by atoms with Crippen molar-refractivity contribution in [1.82, 2.24) is 15.0 Å². The highest BCUT2D eigenvalue weighted by molar-refractivity contribution is 5.39. The van der Waals surface area contributed by atoms with Gasteiger partial charge in [0.1, 0.15) is 5.76 Å². The molecule has 7 heteroatoms. The second kappa shape index (κ2) is 4.05. The molecule has 0 saturated heterocycles. The lowest BCUT2D eigenvalue weighted by molar-refractivity contribution is 0.506. The van der Waals surface area contributed by atoms with Gasteiger partial charge in [0.15, 0.2) is 0 Å². The van der Waals surface area contributed by atoms with Crippen LogP contribution >= 0.6 is 0 Å². The van der Waals surface area contributed by atoms with Crippen molar-refractivity contribution in [3.8, 4) is 0 Å². The molecule has 0 bridgehead atoms. The maximum absolute atomic E-state index is 5.48. The van der Waals surface area contributed by atoms with Crippen molar-refractivity contribution >= 4 is 17.8 Å². The average molecular weight is 220 g/mol. The van der Waals surface area contributed by atoms with Gasteiger partial charge in [-0.25, -0.2) is 0 Å². The molecular formula is C9H12N6O. The highest BCUT2D eigenvalue weighted by Crippen LogP contribution is 2.12. The van der Waals surface area contributed by atoms with E-state index in [0.29, 0.717) is 12.5 Å². The Morgan fingerprint density at radius 3 is 2.50 bits per heavy atom. The Labute approximate surface area is 92.1 Å². The molecule has 7 nitrogen and oxygen atoms in total. The molecule has 0 amide bonds. The van der Waals surface area contributed by atoms with Crippen molar-refractivity contribution < 1.29 is 4.42 Å².